The molecule has 0 saturated carbocycles. The van der Waals surface area contributed by atoms with Crippen molar-refractivity contribution in [2.45, 2.75) is 51.2 Å². The van der Waals surface area contributed by atoms with Crippen LogP contribution in [0.2, 0.25) is 17.1 Å². The fourth-order valence-corrected chi connectivity index (χ4v) is 5.24. The summed E-state index contributed by atoms with van der Waals surface area (Å²) in [5.74, 6) is 0. The van der Waals surface area contributed by atoms with Crippen LogP contribution in [0.3, 0.4) is 0 Å². The van der Waals surface area contributed by atoms with Gasteiger partial charge in [0.25, 0.3) is 0 Å². The molecule has 1 radical (unpaired) electrons. The van der Waals surface area contributed by atoms with E-state index in [1.807, 2.05) is 0 Å². The Morgan fingerprint density at radius 1 is 0.933 bits per heavy atom. The van der Waals surface area contributed by atoms with Crippen molar-refractivity contribution in [1.82, 2.24) is 0 Å². The molecule has 0 atom stereocenters. The molecular formula is C14H23Si. The zero-order valence-corrected chi connectivity index (χ0v) is 11.5. The molecule has 1 aromatic rings. The van der Waals surface area contributed by atoms with E-state index in [4.69, 9.17) is 0 Å². The van der Waals surface area contributed by atoms with Gasteiger partial charge in [0.1, 0.15) is 0 Å². The lowest BCUT2D eigenvalue weighted by Gasteiger charge is -2.22. The van der Waals surface area contributed by atoms with Gasteiger partial charge in [0, 0.05) is 0 Å². The SMILES string of the molecule is CC(C)[Si](CCc1ccccc1)C(C)C. The Balaban J connectivity index is 2.47. The zero-order valence-electron chi connectivity index (χ0n) is 10.5. The van der Waals surface area contributed by atoms with Gasteiger partial charge in [0.05, 0.1) is 8.80 Å². The van der Waals surface area contributed by atoms with Crippen LogP contribution in [0.1, 0.15) is 33.3 Å². The summed E-state index contributed by atoms with van der Waals surface area (Å²) in [6.45, 7) is 9.55. The Hall–Kier alpha value is -0.563. The molecule has 0 bridgehead atoms. The summed E-state index contributed by atoms with van der Waals surface area (Å²) in [5.41, 5.74) is 3.30. The molecule has 0 aromatic heterocycles. The predicted molar refractivity (Wildman–Crippen MR) is 70.9 cm³/mol. The van der Waals surface area contributed by atoms with Crippen LogP contribution < -0.4 is 0 Å². The molecule has 0 spiro atoms. The number of aryl methyl sites for hydroxylation is 1. The molecule has 0 aliphatic carbocycles. The molecule has 0 amide bonds. The van der Waals surface area contributed by atoms with Crippen LogP contribution in [0.5, 0.6) is 0 Å². The minimum absolute atomic E-state index is 0.176. The summed E-state index contributed by atoms with van der Waals surface area (Å²) >= 11 is 0. The second kappa shape index (κ2) is 6.11. The average molecular weight is 219 g/mol. The molecule has 1 aromatic carbocycles. The van der Waals surface area contributed by atoms with Crippen molar-refractivity contribution in [3.8, 4) is 0 Å². The molecule has 0 fully saturated rings. The Kier molecular flexibility index (Phi) is 5.10. The first-order valence-corrected chi connectivity index (χ1v) is 7.87. The van der Waals surface area contributed by atoms with Crippen molar-refractivity contribution in [2.24, 2.45) is 0 Å². The Labute approximate surface area is 96.3 Å². The van der Waals surface area contributed by atoms with Gasteiger partial charge in [0.15, 0.2) is 0 Å². The van der Waals surface area contributed by atoms with Crippen LogP contribution >= 0.6 is 0 Å². The van der Waals surface area contributed by atoms with Gasteiger partial charge in [-0.2, -0.15) is 0 Å². The second-order valence-electron chi connectivity index (χ2n) is 4.87. The van der Waals surface area contributed by atoms with E-state index in [0.717, 1.165) is 11.1 Å². The maximum atomic E-state index is 2.39. The van der Waals surface area contributed by atoms with Gasteiger partial charge < -0.3 is 0 Å². The zero-order chi connectivity index (χ0) is 11.3. The standard InChI is InChI=1S/C14H23Si/c1-12(2)15(13(3)4)11-10-14-8-6-5-7-9-14/h5-9,12-13H,10-11H2,1-4H3. The van der Waals surface area contributed by atoms with Crippen LogP contribution in [0.15, 0.2) is 30.3 Å². The topological polar surface area (TPSA) is 0 Å². The second-order valence-corrected chi connectivity index (χ2v) is 8.83. The Morgan fingerprint density at radius 3 is 1.93 bits per heavy atom. The summed E-state index contributed by atoms with van der Waals surface area (Å²) in [4.78, 5) is 0. The van der Waals surface area contributed by atoms with E-state index in [9.17, 15) is 0 Å². The number of hydrogen-bond acceptors (Lipinski definition) is 0. The molecular weight excluding hydrogens is 196 g/mol. The van der Waals surface area contributed by atoms with Gasteiger partial charge in [-0.3, -0.25) is 0 Å². The normalized spacial score (nSPS) is 11.7. The van der Waals surface area contributed by atoms with Gasteiger partial charge in [-0.25, -0.2) is 0 Å². The van der Waals surface area contributed by atoms with Crippen LogP contribution in [0, 0.1) is 0 Å². The van der Waals surface area contributed by atoms with Crippen LogP contribution in [0.25, 0.3) is 0 Å². The maximum Gasteiger partial charge on any atom is 0.0537 e. The van der Waals surface area contributed by atoms with E-state index in [2.05, 4.69) is 58.0 Å². The summed E-state index contributed by atoms with van der Waals surface area (Å²) in [6.07, 6.45) is 1.27. The molecule has 1 rings (SSSR count). The van der Waals surface area contributed by atoms with E-state index >= 15 is 0 Å². The van der Waals surface area contributed by atoms with Crippen molar-refractivity contribution in [3.05, 3.63) is 35.9 Å². The molecule has 0 saturated heterocycles. The minimum Gasteiger partial charge on any atom is -0.0654 e. The first kappa shape index (κ1) is 12.5. The third-order valence-electron chi connectivity index (χ3n) is 3.03. The highest BCUT2D eigenvalue weighted by Crippen LogP contribution is 2.24. The van der Waals surface area contributed by atoms with Crippen molar-refractivity contribution in [1.29, 1.82) is 0 Å². The molecule has 0 aliphatic rings. The van der Waals surface area contributed by atoms with Gasteiger partial charge >= 0.3 is 0 Å². The molecule has 1 heteroatoms. The largest absolute Gasteiger partial charge is 0.0654 e. The smallest absolute Gasteiger partial charge is 0.0537 e. The number of rotatable bonds is 5. The van der Waals surface area contributed by atoms with Gasteiger partial charge in [-0.15, -0.1) is 0 Å². The summed E-state index contributed by atoms with van der Waals surface area (Å²) in [7, 11) is -0.176. The van der Waals surface area contributed by atoms with E-state index in [1.54, 1.807) is 0 Å². The third-order valence-corrected chi connectivity index (χ3v) is 6.82. The van der Waals surface area contributed by atoms with Gasteiger partial charge in [-0.05, 0) is 12.0 Å². The van der Waals surface area contributed by atoms with Gasteiger partial charge in [0.2, 0.25) is 0 Å². The van der Waals surface area contributed by atoms with E-state index < -0.39 is 0 Å². The predicted octanol–water partition coefficient (Wildman–Crippen LogP) is 4.54. The quantitative estimate of drug-likeness (QED) is 0.638. The molecule has 0 unspecified atom stereocenters. The van der Waals surface area contributed by atoms with Gasteiger partial charge in [-0.1, -0.05) is 75.2 Å². The highest BCUT2D eigenvalue weighted by molar-refractivity contribution is 6.61. The lowest BCUT2D eigenvalue weighted by atomic mass is 10.2. The summed E-state index contributed by atoms with van der Waals surface area (Å²) in [5, 5.41) is 0. The fourth-order valence-electron chi connectivity index (χ4n) is 2.18. The summed E-state index contributed by atoms with van der Waals surface area (Å²) < 4.78 is 0. The average Bonchev–Trinajstić information content (AvgIpc) is 2.18. The maximum absolute atomic E-state index is 2.39. The van der Waals surface area contributed by atoms with E-state index in [0.29, 0.717) is 0 Å². The lowest BCUT2D eigenvalue weighted by molar-refractivity contribution is 0.903. The van der Waals surface area contributed by atoms with Crippen LogP contribution in [-0.4, -0.2) is 8.80 Å². The highest BCUT2D eigenvalue weighted by Gasteiger charge is 2.18. The first-order valence-electron chi connectivity index (χ1n) is 6.00. The minimum atomic E-state index is -0.176. The summed E-state index contributed by atoms with van der Waals surface area (Å²) in [6, 6.07) is 12.3. The van der Waals surface area contributed by atoms with Crippen LogP contribution in [0.4, 0.5) is 0 Å². The van der Waals surface area contributed by atoms with E-state index in [1.165, 1.54) is 18.0 Å². The molecule has 0 N–H and O–H groups in total. The van der Waals surface area contributed by atoms with Crippen molar-refractivity contribution >= 4 is 8.80 Å². The monoisotopic (exact) mass is 219 g/mol. The first-order chi connectivity index (χ1) is 7.11. The van der Waals surface area contributed by atoms with Crippen LogP contribution in [-0.2, 0) is 6.42 Å². The molecule has 15 heavy (non-hydrogen) atoms. The Morgan fingerprint density at radius 2 is 1.47 bits per heavy atom. The lowest BCUT2D eigenvalue weighted by Crippen LogP contribution is -2.21. The van der Waals surface area contributed by atoms with Crippen molar-refractivity contribution < 1.29 is 0 Å². The number of benzene rings is 1. The van der Waals surface area contributed by atoms with Crippen molar-refractivity contribution in [3.63, 3.8) is 0 Å². The third kappa shape index (κ3) is 4.21. The van der Waals surface area contributed by atoms with E-state index in [-0.39, 0.29) is 8.80 Å². The highest BCUT2D eigenvalue weighted by atomic mass is 28.3. The Bertz CT molecular complexity index is 256. The molecule has 83 valence electrons. The molecule has 0 aliphatic heterocycles. The van der Waals surface area contributed by atoms with Crippen molar-refractivity contribution in [2.75, 3.05) is 0 Å². The fraction of sp³-hybridized carbons (Fsp3) is 0.571. The molecule has 0 heterocycles. The molecule has 0 nitrogen and oxygen atoms in total. The number of hydrogen-bond donors (Lipinski definition) is 0.